The molecule has 0 saturated heterocycles. The van der Waals surface area contributed by atoms with Crippen LogP contribution in [0.4, 0.5) is 0 Å². The van der Waals surface area contributed by atoms with E-state index < -0.39 is 6.04 Å². The van der Waals surface area contributed by atoms with Gasteiger partial charge in [-0.15, -0.1) is 10.2 Å². The average molecular weight is 386 g/mol. The minimum atomic E-state index is -0.424. The quantitative estimate of drug-likeness (QED) is 0.552. The van der Waals surface area contributed by atoms with Crippen LogP contribution in [0, 0.1) is 0 Å². The monoisotopic (exact) mass is 385 g/mol. The molecule has 1 aliphatic rings. The number of nitrogens with zero attached hydrogens (tertiary/aromatic N) is 5. The third-order valence-electron chi connectivity index (χ3n) is 4.45. The second kappa shape index (κ2) is 5.89. The molecule has 10 heteroatoms. The first-order chi connectivity index (χ1) is 12.7. The number of nitrogens with one attached hydrogen (secondary N) is 2. The van der Waals surface area contributed by atoms with Crippen LogP contribution < -0.4 is 0 Å². The number of aromatic nitrogens is 6. The van der Waals surface area contributed by atoms with Crippen molar-refractivity contribution in [1.82, 2.24) is 35.0 Å². The van der Waals surface area contributed by atoms with Gasteiger partial charge in [0.05, 0.1) is 23.1 Å². The van der Waals surface area contributed by atoms with Crippen LogP contribution in [-0.2, 0) is 6.42 Å². The first-order valence-corrected chi connectivity index (χ1v) is 9.21. The maximum Gasteiger partial charge on any atom is 0.285 e. The topological polar surface area (TPSA) is 103 Å². The molecule has 5 rings (SSSR count). The third-order valence-corrected chi connectivity index (χ3v) is 5.36. The molecule has 26 heavy (non-hydrogen) atoms. The number of carbonyl (C=O) groups is 1. The van der Waals surface area contributed by atoms with E-state index in [0.717, 1.165) is 22.4 Å². The summed E-state index contributed by atoms with van der Waals surface area (Å²) in [5.74, 6) is 0.470. The molecule has 3 aromatic heterocycles. The molecule has 4 aromatic rings. The average Bonchev–Trinajstić information content (AvgIpc) is 3.38. The molecule has 4 heterocycles. The van der Waals surface area contributed by atoms with Gasteiger partial charge in [0.2, 0.25) is 5.01 Å². The predicted molar refractivity (Wildman–Crippen MR) is 96.2 cm³/mol. The van der Waals surface area contributed by atoms with Crippen molar-refractivity contribution in [2.75, 3.05) is 6.54 Å². The zero-order chi connectivity index (χ0) is 17.7. The van der Waals surface area contributed by atoms with Gasteiger partial charge < -0.3 is 14.9 Å². The smallest absolute Gasteiger partial charge is 0.285 e. The number of hydrogen-bond donors (Lipinski definition) is 2. The van der Waals surface area contributed by atoms with Crippen molar-refractivity contribution in [2.24, 2.45) is 0 Å². The van der Waals surface area contributed by atoms with Crippen molar-refractivity contribution >= 4 is 39.9 Å². The molecule has 0 spiro atoms. The highest BCUT2D eigenvalue weighted by Gasteiger charge is 2.37. The van der Waals surface area contributed by atoms with Crippen LogP contribution in [0.5, 0.6) is 0 Å². The van der Waals surface area contributed by atoms with Gasteiger partial charge in [-0.1, -0.05) is 22.9 Å². The van der Waals surface area contributed by atoms with Crippen LogP contribution in [0.2, 0.25) is 5.02 Å². The summed E-state index contributed by atoms with van der Waals surface area (Å²) in [6.07, 6.45) is 2.35. The summed E-state index contributed by atoms with van der Waals surface area (Å²) >= 11 is 7.30. The molecule has 0 radical (unpaired) electrons. The lowest BCUT2D eigenvalue weighted by molar-refractivity contribution is 0.0683. The van der Waals surface area contributed by atoms with Crippen LogP contribution in [0.25, 0.3) is 11.0 Å². The Morgan fingerprint density at radius 3 is 3.15 bits per heavy atom. The van der Waals surface area contributed by atoms with Crippen molar-refractivity contribution < 1.29 is 4.79 Å². The molecule has 1 atom stereocenters. The molecule has 8 nitrogen and oxygen atoms in total. The third kappa shape index (κ3) is 2.39. The lowest BCUT2D eigenvalue weighted by Crippen LogP contribution is -2.41. The summed E-state index contributed by atoms with van der Waals surface area (Å²) in [6.45, 7) is 0.538. The minimum absolute atomic E-state index is 0.176. The van der Waals surface area contributed by atoms with E-state index in [1.807, 2.05) is 12.1 Å². The summed E-state index contributed by atoms with van der Waals surface area (Å²) in [7, 11) is 0. The number of fused-ring (bicyclic) bond motifs is 2. The van der Waals surface area contributed by atoms with Gasteiger partial charge in [-0.05, 0) is 18.2 Å². The zero-order valence-electron chi connectivity index (χ0n) is 13.3. The number of aromatic amines is 2. The number of rotatable bonds is 2. The van der Waals surface area contributed by atoms with Gasteiger partial charge in [0.25, 0.3) is 5.91 Å². The summed E-state index contributed by atoms with van der Waals surface area (Å²) in [5.41, 5.74) is 4.96. The van der Waals surface area contributed by atoms with Crippen LogP contribution in [0.3, 0.4) is 0 Å². The highest BCUT2D eigenvalue weighted by atomic mass is 35.5. The van der Waals surface area contributed by atoms with Gasteiger partial charge in [-0.25, -0.2) is 9.97 Å². The molecule has 0 unspecified atom stereocenters. The molecular formula is C16H12ClN7OS. The fraction of sp³-hybridized carbons (Fsp3) is 0.188. The Hall–Kier alpha value is -2.78. The molecule has 1 amide bonds. The van der Waals surface area contributed by atoms with E-state index in [1.165, 1.54) is 11.3 Å². The Kier molecular flexibility index (Phi) is 3.50. The highest BCUT2D eigenvalue weighted by Crippen LogP contribution is 2.34. The van der Waals surface area contributed by atoms with Gasteiger partial charge in [0.15, 0.2) is 0 Å². The Morgan fingerprint density at radius 1 is 1.38 bits per heavy atom. The second-order valence-electron chi connectivity index (χ2n) is 5.94. The lowest BCUT2D eigenvalue weighted by Gasteiger charge is -2.33. The van der Waals surface area contributed by atoms with E-state index in [4.69, 9.17) is 11.6 Å². The van der Waals surface area contributed by atoms with E-state index in [0.29, 0.717) is 28.8 Å². The van der Waals surface area contributed by atoms with Crippen molar-refractivity contribution in [3.8, 4) is 0 Å². The van der Waals surface area contributed by atoms with Crippen molar-refractivity contribution in [3.05, 3.63) is 57.3 Å². The zero-order valence-corrected chi connectivity index (χ0v) is 14.9. The Balaban J connectivity index is 1.64. The normalized spacial score (nSPS) is 16.8. The van der Waals surface area contributed by atoms with Gasteiger partial charge in [0, 0.05) is 23.7 Å². The van der Waals surface area contributed by atoms with Gasteiger partial charge in [-0.2, -0.15) is 0 Å². The van der Waals surface area contributed by atoms with Crippen LogP contribution in [0.1, 0.15) is 33.1 Å². The molecule has 0 fully saturated rings. The van der Waals surface area contributed by atoms with E-state index in [1.54, 1.807) is 22.8 Å². The number of carbonyl (C=O) groups excluding carboxylic acids is 1. The number of halogens is 1. The number of hydrogen-bond acceptors (Lipinski definition) is 6. The Bertz CT molecular complexity index is 1100. The fourth-order valence-electron chi connectivity index (χ4n) is 3.29. The Morgan fingerprint density at radius 2 is 2.31 bits per heavy atom. The molecule has 0 aliphatic carbocycles. The van der Waals surface area contributed by atoms with Crippen molar-refractivity contribution in [1.29, 1.82) is 0 Å². The molecule has 1 aliphatic heterocycles. The van der Waals surface area contributed by atoms with Crippen LogP contribution in [-0.4, -0.2) is 47.5 Å². The summed E-state index contributed by atoms with van der Waals surface area (Å²) in [6, 6.07) is 5.04. The largest absolute Gasteiger partial charge is 0.348 e. The first kappa shape index (κ1) is 15.5. The maximum absolute atomic E-state index is 13.0. The van der Waals surface area contributed by atoms with Gasteiger partial charge in [0.1, 0.15) is 17.4 Å². The van der Waals surface area contributed by atoms with Gasteiger partial charge in [-0.3, -0.25) is 4.79 Å². The van der Waals surface area contributed by atoms with Crippen molar-refractivity contribution in [3.63, 3.8) is 0 Å². The number of imidazole rings is 2. The van der Waals surface area contributed by atoms with E-state index >= 15 is 0 Å². The standard InChI is InChI=1S/C16H12ClN7OS/c17-8-1-2-9-11(5-8)22-14(21-9)13-12-10(18-6-19-12)3-4-24(13)16(25)15-23-20-7-26-15/h1-2,5-7,13H,3-4H2,(H,18,19)(H,21,22)/t13-/m0/s1. The SMILES string of the molecule is O=C(c1nncs1)N1CCc2[nH]cnc2[C@H]1c1nc2ccc(Cl)cc2[nH]1. The summed E-state index contributed by atoms with van der Waals surface area (Å²) in [4.78, 5) is 30.3. The fourth-order valence-corrected chi connectivity index (χ4v) is 3.97. The first-order valence-electron chi connectivity index (χ1n) is 7.95. The highest BCUT2D eigenvalue weighted by molar-refractivity contribution is 7.11. The minimum Gasteiger partial charge on any atom is -0.348 e. The number of amides is 1. The van der Waals surface area contributed by atoms with Crippen LogP contribution in [0.15, 0.2) is 30.0 Å². The number of benzene rings is 1. The molecule has 0 saturated carbocycles. The van der Waals surface area contributed by atoms with Crippen molar-refractivity contribution in [2.45, 2.75) is 12.5 Å². The van der Waals surface area contributed by atoms with E-state index in [2.05, 4.69) is 30.1 Å². The van der Waals surface area contributed by atoms with E-state index in [-0.39, 0.29) is 5.91 Å². The number of H-pyrrole nitrogens is 2. The predicted octanol–water partition coefficient (Wildman–Crippen LogP) is 2.58. The van der Waals surface area contributed by atoms with Gasteiger partial charge >= 0.3 is 0 Å². The maximum atomic E-state index is 13.0. The summed E-state index contributed by atoms with van der Waals surface area (Å²) < 4.78 is 0. The lowest BCUT2D eigenvalue weighted by atomic mass is 10.0. The second-order valence-corrected chi connectivity index (χ2v) is 7.21. The molecular weight excluding hydrogens is 374 g/mol. The Labute approximate surface area is 156 Å². The molecule has 130 valence electrons. The molecule has 0 bridgehead atoms. The summed E-state index contributed by atoms with van der Waals surface area (Å²) in [5, 5.41) is 8.67. The molecule has 2 N–H and O–H groups in total. The van der Waals surface area contributed by atoms with E-state index in [9.17, 15) is 4.79 Å². The van der Waals surface area contributed by atoms with Crippen LogP contribution >= 0.6 is 22.9 Å². The molecule has 1 aromatic carbocycles.